The van der Waals surface area contributed by atoms with Crippen LogP contribution < -0.4 is 27.4 Å². The Morgan fingerprint density at radius 3 is 1.84 bits per heavy atom. The molecule has 0 aromatic rings. The van der Waals surface area contributed by atoms with Crippen molar-refractivity contribution in [3.8, 4) is 0 Å². The lowest BCUT2D eigenvalue weighted by Crippen LogP contribution is -2.56. The summed E-state index contributed by atoms with van der Waals surface area (Å²) in [4.78, 5) is 69.9. The molecule has 13 nitrogen and oxygen atoms in total. The number of nitrogens with one attached hydrogen (secondary N) is 3. The summed E-state index contributed by atoms with van der Waals surface area (Å²) >= 11 is 0. The van der Waals surface area contributed by atoms with Gasteiger partial charge in [0.1, 0.15) is 18.1 Å². The third-order valence-electron chi connectivity index (χ3n) is 4.11. The molecule has 0 saturated carbocycles. The maximum Gasteiger partial charge on any atom is 0.326 e. The summed E-state index contributed by atoms with van der Waals surface area (Å²) in [5.74, 6) is -5.84. The third kappa shape index (κ3) is 11.5. The van der Waals surface area contributed by atoms with Crippen LogP contribution >= 0.6 is 0 Å². The number of nitrogens with two attached hydrogens (primary N) is 2. The summed E-state index contributed by atoms with van der Waals surface area (Å²) in [5.41, 5.74) is 10.5. The van der Waals surface area contributed by atoms with E-state index in [0.29, 0.717) is 0 Å². The lowest BCUT2D eigenvalue weighted by Gasteiger charge is -2.23. The number of aliphatic carboxylic acids is 2. The second kappa shape index (κ2) is 13.2. The molecular weight excluding hydrogens is 414 g/mol. The minimum atomic E-state index is -1.36. The lowest BCUT2D eigenvalue weighted by atomic mass is 10.0. The molecule has 13 heteroatoms. The molecule has 31 heavy (non-hydrogen) atoms. The molecule has 0 aliphatic rings. The van der Waals surface area contributed by atoms with Gasteiger partial charge in [0.05, 0.1) is 12.5 Å². The van der Waals surface area contributed by atoms with Gasteiger partial charge in [-0.15, -0.1) is 0 Å². The van der Waals surface area contributed by atoms with Crippen LogP contribution in [0.1, 0.15) is 46.5 Å². The Morgan fingerprint density at radius 1 is 0.839 bits per heavy atom. The number of primary amides is 1. The van der Waals surface area contributed by atoms with Crippen LogP contribution in [-0.2, 0) is 28.8 Å². The molecule has 0 aliphatic heterocycles. The number of carbonyl (C=O) groups excluding carboxylic acids is 4. The molecule has 0 aliphatic carbocycles. The van der Waals surface area contributed by atoms with Crippen molar-refractivity contribution in [3.63, 3.8) is 0 Å². The van der Waals surface area contributed by atoms with E-state index in [2.05, 4.69) is 16.0 Å². The van der Waals surface area contributed by atoms with Crippen LogP contribution in [0.5, 0.6) is 0 Å². The van der Waals surface area contributed by atoms with Crippen LogP contribution in [0.25, 0.3) is 0 Å². The van der Waals surface area contributed by atoms with Gasteiger partial charge in [0.25, 0.3) is 0 Å². The quantitative estimate of drug-likeness (QED) is 0.151. The van der Waals surface area contributed by atoms with E-state index in [1.807, 2.05) is 0 Å². The van der Waals surface area contributed by atoms with E-state index in [0.717, 1.165) is 0 Å². The molecule has 0 heterocycles. The Balaban J connectivity index is 5.14. The van der Waals surface area contributed by atoms with Gasteiger partial charge in [-0.25, -0.2) is 4.79 Å². The summed E-state index contributed by atoms with van der Waals surface area (Å²) in [6.45, 7) is 4.87. The molecule has 0 aromatic carbocycles. The van der Waals surface area contributed by atoms with Crippen molar-refractivity contribution >= 4 is 35.6 Å². The Hall–Kier alpha value is -3.22. The summed E-state index contributed by atoms with van der Waals surface area (Å²) in [6, 6.07) is -5.03. The Kier molecular flexibility index (Phi) is 11.8. The topological polar surface area (TPSA) is 231 Å². The maximum atomic E-state index is 12.5. The van der Waals surface area contributed by atoms with Crippen molar-refractivity contribution in [1.82, 2.24) is 16.0 Å². The first-order valence-electron chi connectivity index (χ1n) is 9.64. The fourth-order valence-corrected chi connectivity index (χ4v) is 2.49. The molecule has 9 N–H and O–H groups in total. The Bertz CT molecular complexity index is 696. The van der Waals surface area contributed by atoms with Crippen LogP contribution in [0.15, 0.2) is 0 Å². The number of hydrogen-bond donors (Lipinski definition) is 7. The predicted molar refractivity (Wildman–Crippen MR) is 107 cm³/mol. The Morgan fingerprint density at radius 2 is 1.39 bits per heavy atom. The molecule has 4 amide bonds. The van der Waals surface area contributed by atoms with Gasteiger partial charge in [-0.05, 0) is 25.7 Å². The van der Waals surface area contributed by atoms with E-state index >= 15 is 0 Å². The first kappa shape index (κ1) is 27.8. The fraction of sp³-hybridized carbons (Fsp3) is 0.667. The standard InChI is InChI=1S/C18H31N5O8/c1-8(2)6-12(18(30)31)23-15(27)9(3)21-17(29)11(4-5-14(25)26)22-16(28)10(19)7-13(20)24/h8-12H,4-7,19H2,1-3H3,(H2,20,24)(H,21,29)(H,22,28)(H,23,27)(H,25,26)(H,30,31). The van der Waals surface area contributed by atoms with Crippen molar-refractivity contribution < 1.29 is 39.0 Å². The van der Waals surface area contributed by atoms with E-state index in [1.54, 1.807) is 13.8 Å². The number of carbonyl (C=O) groups is 6. The number of hydrogen-bond acceptors (Lipinski definition) is 7. The molecular formula is C18H31N5O8. The van der Waals surface area contributed by atoms with Crippen LogP contribution in [0.3, 0.4) is 0 Å². The molecule has 0 aromatic heterocycles. The highest BCUT2D eigenvalue weighted by Gasteiger charge is 2.29. The maximum absolute atomic E-state index is 12.5. The van der Waals surface area contributed by atoms with Gasteiger partial charge in [0.2, 0.25) is 23.6 Å². The van der Waals surface area contributed by atoms with Crippen LogP contribution in [0.4, 0.5) is 0 Å². The molecule has 176 valence electrons. The van der Waals surface area contributed by atoms with E-state index in [1.165, 1.54) is 6.92 Å². The second-order valence-corrected chi connectivity index (χ2v) is 7.53. The van der Waals surface area contributed by atoms with Gasteiger partial charge in [0.15, 0.2) is 0 Å². The summed E-state index contributed by atoms with van der Waals surface area (Å²) in [7, 11) is 0. The van der Waals surface area contributed by atoms with Crippen molar-refractivity contribution in [2.75, 3.05) is 0 Å². The molecule has 4 unspecified atom stereocenters. The fourth-order valence-electron chi connectivity index (χ4n) is 2.49. The summed E-state index contributed by atoms with van der Waals surface area (Å²) in [5, 5.41) is 24.9. The highest BCUT2D eigenvalue weighted by Crippen LogP contribution is 2.06. The highest BCUT2D eigenvalue weighted by atomic mass is 16.4. The van der Waals surface area contributed by atoms with Crippen molar-refractivity contribution in [1.29, 1.82) is 0 Å². The van der Waals surface area contributed by atoms with Gasteiger partial charge >= 0.3 is 11.9 Å². The zero-order valence-corrected chi connectivity index (χ0v) is 17.7. The second-order valence-electron chi connectivity index (χ2n) is 7.53. The molecule has 4 atom stereocenters. The van der Waals surface area contributed by atoms with Crippen LogP contribution in [-0.4, -0.2) is 69.9 Å². The Labute approximate surface area is 179 Å². The number of amides is 4. The molecule has 0 rings (SSSR count). The number of rotatable bonds is 14. The van der Waals surface area contributed by atoms with Gasteiger partial charge in [-0.3, -0.25) is 24.0 Å². The molecule has 0 radical (unpaired) electrons. The van der Waals surface area contributed by atoms with E-state index in [4.69, 9.17) is 16.6 Å². The molecule has 0 fully saturated rings. The molecule has 0 bridgehead atoms. The zero-order valence-electron chi connectivity index (χ0n) is 17.7. The van der Waals surface area contributed by atoms with Crippen molar-refractivity contribution in [2.24, 2.45) is 17.4 Å². The molecule has 0 spiro atoms. The SMILES string of the molecule is CC(C)CC(NC(=O)C(C)NC(=O)C(CCC(=O)O)NC(=O)C(N)CC(N)=O)C(=O)O. The highest BCUT2D eigenvalue weighted by molar-refractivity contribution is 5.95. The zero-order chi connectivity index (χ0) is 24.3. The van der Waals surface area contributed by atoms with Gasteiger partial charge in [-0.1, -0.05) is 13.8 Å². The van der Waals surface area contributed by atoms with Gasteiger partial charge in [0, 0.05) is 6.42 Å². The summed E-state index contributed by atoms with van der Waals surface area (Å²) in [6.07, 6.45) is -1.09. The van der Waals surface area contributed by atoms with Gasteiger partial charge < -0.3 is 37.6 Å². The normalized spacial score (nSPS) is 14.6. The minimum Gasteiger partial charge on any atom is -0.481 e. The van der Waals surface area contributed by atoms with E-state index < -0.39 is 72.6 Å². The smallest absolute Gasteiger partial charge is 0.326 e. The van der Waals surface area contributed by atoms with Crippen molar-refractivity contribution in [3.05, 3.63) is 0 Å². The van der Waals surface area contributed by atoms with Crippen LogP contribution in [0.2, 0.25) is 0 Å². The molecule has 0 saturated heterocycles. The summed E-state index contributed by atoms with van der Waals surface area (Å²) < 4.78 is 0. The first-order valence-corrected chi connectivity index (χ1v) is 9.64. The first-order chi connectivity index (χ1) is 14.2. The largest absolute Gasteiger partial charge is 0.481 e. The third-order valence-corrected chi connectivity index (χ3v) is 4.11. The average molecular weight is 445 g/mol. The van der Waals surface area contributed by atoms with Gasteiger partial charge in [-0.2, -0.15) is 0 Å². The predicted octanol–water partition coefficient (Wildman–Crippen LogP) is -2.34. The van der Waals surface area contributed by atoms with E-state index in [-0.39, 0.29) is 18.8 Å². The average Bonchev–Trinajstić information content (AvgIpc) is 2.62. The lowest BCUT2D eigenvalue weighted by molar-refractivity contribution is -0.142. The monoisotopic (exact) mass is 445 g/mol. The van der Waals surface area contributed by atoms with Crippen molar-refractivity contribution in [2.45, 2.75) is 70.6 Å². The van der Waals surface area contributed by atoms with E-state index in [9.17, 15) is 33.9 Å². The number of carboxylic acids is 2. The minimum absolute atomic E-state index is 0.00785. The number of carboxylic acid groups (broad SMARTS) is 2. The van der Waals surface area contributed by atoms with Crippen LogP contribution in [0, 0.1) is 5.92 Å².